The number of nitrogens with zero attached hydrogens (tertiary/aromatic N) is 1. The van der Waals surface area contributed by atoms with E-state index >= 15 is 0 Å². The summed E-state index contributed by atoms with van der Waals surface area (Å²) in [5.74, 6) is -0.972. The van der Waals surface area contributed by atoms with Crippen LogP contribution in [0.15, 0.2) is 18.2 Å². The maximum absolute atomic E-state index is 11.5. The first-order valence-electron chi connectivity index (χ1n) is 5.34. The minimum absolute atomic E-state index is 0.100. The summed E-state index contributed by atoms with van der Waals surface area (Å²) < 4.78 is -0.100. The molecule has 0 unspecified atom stereocenters. The van der Waals surface area contributed by atoms with Crippen molar-refractivity contribution < 1.29 is 14.7 Å². The molecule has 88 valence electrons. The molecule has 0 amide bonds. The molecule has 1 aromatic carbocycles. The van der Waals surface area contributed by atoms with E-state index in [1.54, 1.807) is 12.1 Å². The Morgan fingerprint density at radius 2 is 2.06 bits per heavy atom. The molecule has 1 fully saturated rings. The van der Waals surface area contributed by atoms with Crippen LogP contribution in [0.1, 0.15) is 33.6 Å². The molecule has 17 heavy (non-hydrogen) atoms. The van der Waals surface area contributed by atoms with Crippen LogP contribution in [0.4, 0.5) is 5.69 Å². The Bertz CT molecular complexity index is 483. The van der Waals surface area contributed by atoms with Gasteiger partial charge < -0.3 is 0 Å². The van der Waals surface area contributed by atoms with Crippen LogP contribution in [0, 0.1) is 0 Å². The van der Waals surface area contributed by atoms with Crippen LogP contribution in [-0.4, -0.2) is 45.6 Å². The Morgan fingerprint density at radius 3 is 2.53 bits per heavy atom. The van der Waals surface area contributed by atoms with Crippen LogP contribution in [0.2, 0.25) is 0 Å². The molecule has 1 aromatic rings. The number of hydrogen-bond acceptors (Lipinski definition) is 3. The van der Waals surface area contributed by atoms with Gasteiger partial charge in [0.15, 0.2) is 0 Å². The summed E-state index contributed by atoms with van der Waals surface area (Å²) in [7, 11) is 1.90. The normalized spacial score (nSPS) is 14.5. The van der Waals surface area contributed by atoms with Crippen LogP contribution < -0.4 is 4.90 Å². The van der Waals surface area contributed by atoms with E-state index in [1.807, 2.05) is 28.8 Å². The van der Waals surface area contributed by atoms with Gasteiger partial charge in [-0.05, 0) is 0 Å². The summed E-state index contributed by atoms with van der Waals surface area (Å²) in [5, 5.41) is 8.97. The van der Waals surface area contributed by atoms with E-state index in [0.29, 0.717) is 17.3 Å². The van der Waals surface area contributed by atoms with Crippen molar-refractivity contribution in [2.45, 2.75) is 18.9 Å². The van der Waals surface area contributed by atoms with Crippen LogP contribution in [0.5, 0.6) is 0 Å². The van der Waals surface area contributed by atoms with Crippen molar-refractivity contribution in [3.63, 3.8) is 0 Å². The summed E-state index contributed by atoms with van der Waals surface area (Å²) in [6.45, 7) is 0. The maximum atomic E-state index is 11.5. The number of aromatic carboxylic acids is 1. The summed E-state index contributed by atoms with van der Waals surface area (Å²) in [6, 6.07) is 5.05. The second-order valence-electron chi connectivity index (χ2n) is 4.18. The van der Waals surface area contributed by atoms with E-state index in [4.69, 9.17) is 5.11 Å². The van der Waals surface area contributed by atoms with Gasteiger partial charge in [-0.15, -0.1) is 0 Å². The summed E-state index contributed by atoms with van der Waals surface area (Å²) in [4.78, 5) is 24.4. The van der Waals surface area contributed by atoms with E-state index in [9.17, 15) is 9.59 Å². The molecule has 2 rings (SSSR count). The third kappa shape index (κ3) is 2.52. The summed E-state index contributed by atoms with van der Waals surface area (Å²) in [5.41, 5.74) is 1.48. The monoisotopic (exact) mass is 293 g/mol. The third-order valence-corrected chi connectivity index (χ3v) is 3.46. The molecular formula is C12H12AsNO3. The van der Waals surface area contributed by atoms with Gasteiger partial charge in [0, 0.05) is 0 Å². The second-order valence-corrected chi connectivity index (χ2v) is 5.04. The van der Waals surface area contributed by atoms with Gasteiger partial charge in [-0.1, -0.05) is 0 Å². The van der Waals surface area contributed by atoms with Crippen molar-refractivity contribution in [1.82, 2.24) is 0 Å². The van der Waals surface area contributed by atoms with Crippen LogP contribution in [-0.2, 0) is 0 Å². The fourth-order valence-corrected chi connectivity index (χ4v) is 2.19. The van der Waals surface area contributed by atoms with Crippen molar-refractivity contribution in [2.24, 2.45) is 0 Å². The van der Waals surface area contributed by atoms with E-state index in [0.717, 1.165) is 12.8 Å². The Balaban J connectivity index is 2.46. The molecule has 2 radical (unpaired) electrons. The first-order chi connectivity index (χ1) is 8.00. The van der Waals surface area contributed by atoms with Gasteiger partial charge in [0.25, 0.3) is 0 Å². The molecule has 1 aliphatic rings. The van der Waals surface area contributed by atoms with Crippen LogP contribution in [0.3, 0.4) is 0 Å². The average molecular weight is 293 g/mol. The van der Waals surface area contributed by atoms with Gasteiger partial charge in [-0.2, -0.15) is 0 Å². The van der Waals surface area contributed by atoms with Gasteiger partial charge >= 0.3 is 108 Å². The Kier molecular flexibility index (Phi) is 3.25. The molecule has 5 heteroatoms. The van der Waals surface area contributed by atoms with Gasteiger partial charge in [-0.25, -0.2) is 0 Å². The van der Waals surface area contributed by atoms with Crippen molar-refractivity contribution in [1.29, 1.82) is 0 Å². The molecule has 1 aliphatic carbocycles. The molecule has 0 atom stereocenters. The van der Waals surface area contributed by atoms with Crippen LogP contribution >= 0.6 is 0 Å². The molecule has 0 aromatic heterocycles. The van der Waals surface area contributed by atoms with Crippen molar-refractivity contribution in [3.05, 3.63) is 29.3 Å². The third-order valence-electron chi connectivity index (χ3n) is 2.95. The standard InChI is InChI=1S/C12H12AsNO3/c1-14(8-3-4-8)10-6-7(12(16)17)2-5-9(10)11(13)15/h2,5-6,8H,3-4H2,1H3,(H,16,17). The molecule has 0 spiro atoms. The van der Waals surface area contributed by atoms with Gasteiger partial charge in [-0.3, -0.25) is 0 Å². The number of rotatable bonds is 4. The Hall–Kier alpha value is -1.28. The van der Waals surface area contributed by atoms with Crippen molar-refractivity contribution in [3.8, 4) is 0 Å². The van der Waals surface area contributed by atoms with Crippen molar-refractivity contribution in [2.75, 3.05) is 11.9 Å². The Morgan fingerprint density at radius 1 is 1.41 bits per heavy atom. The fourth-order valence-electron chi connectivity index (χ4n) is 1.80. The predicted octanol–water partition coefficient (Wildman–Crippen LogP) is 1.29. The SMILES string of the molecule is CN(c1cc(C(=O)O)ccc1C(=O)[As])C1CC1. The zero-order chi connectivity index (χ0) is 12.6. The molecule has 0 bridgehead atoms. The number of carboxylic acid groups (broad SMARTS) is 1. The summed E-state index contributed by atoms with van der Waals surface area (Å²) in [6.07, 6.45) is 2.19. The second kappa shape index (κ2) is 4.53. The van der Waals surface area contributed by atoms with Gasteiger partial charge in [0.2, 0.25) is 0 Å². The number of hydrogen-bond donors (Lipinski definition) is 1. The first-order valence-corrected chi connectivity index (χ1v) is 6.28. The molecule has 0 aliphatic heterocycles. The zero-order valence-electron chi connectivity index (χ0n) is 9.38. The fraction of sp³-hybridized carbons (Fsp3) is 0.333. The van der Waals surface area contributed by atoms with Crippen LogP contribution in [0.25, 0.3) is 0 Å². The van der Waals surface area contributed by atoms with E-state index in [2.05, 4.69) is 0 Å². The summed E-state index contributed by atoms with van der Waals surface area (Å²) >= 11 is 1.97. The Labute approximate surface area is 108 Å². The molecule has 1 N–H and O–H groups in total. The zero-order valence-corrected chi connectivity index (χ0v) is 11.3. The first kappa shape index (κ1) is 12.2. The molecular weight excluding hydrogens is 281 g/mol. The average Bonchev–Trinajstić information content (AvgIpc) is 3.10. The number of anilines is 1. The number of carbonyl (C=O) groups is 2. The molecule has 0 heterocycles. The van der Waals surface area contributed by atoms with Gasteiger partial charge in [0.05, 0.1) is 0 Å². The number of benzene rings is 1. The minimum atomic E-state index is -0.972. The molecule has 0 saturated heterocycles. The van der Waals surface area contributed by atoms with Crippen molar-refractivity contribution >= 4 is 33.1 Å². The molecule has 4 nitrogen and oxygen atoms in total. The van der Waals surface area contributed by atoms with E-state index in [1.165, 1.54) is 6.07 Å². The van der Waals surface area contributed by atoms with E-state index in [-0.39, 0.29) is 10.1 Å². The van der Waals surface area contributed by atoms with E-state index < -0.39 is 5.97 Å². The predicted molar refractivity (Wildman–Crippen MR) is 64.9 cm³/mol. The quantitative estimate of drug-likeness (QED) is 0.850. The number of carboxylic acids is 1. The van der Waals surface area contributed by atoms with Gasteiger partial charge in [0.1, 0.15) is 0 Å². The number of carbonyl (C=O) groups excluding carboxylic acids is 1. The molecule has 1 saturated carbocycles. The topological polar surface area (TPSA) is 57.6 Å².